The zero-order chi connectivity index (χ0) is 23.7. The van der Waals surface area contributed by atoms with E-state index in [9.17, 15) is 14.7 Å². The number of hydrogen-bond acceptors (Lipinski definition) is 3. The molecule has 0 heterocycles. The lowest BCUT2D eigenvalue weighted by molar-refractivity contribution is -0.143. The number of aliphatic carboxylic acids is 1. The van der Waals surface area contributed by atoms with Gasteiger partial charge in [0.05, 0.1) is 5.92 Å². The lowest BCUT2D eigenvalue weighted by atomic mass is 10.00. The largest absolute Gasteiger partial charge is 0.481 e. The van der Waals surface area contributed by atoms with Crippen molar-refractivity contribution in [3.8, 4) is 11.5 Å². The molecular formula is C28H37NO4. The Morgan fingerprint density at radius 1 is 0.879 bits per heavy atom. The van der Waals surface area contributed by atoms with Gasteiger partial charge in [0.15, 0.2) is 0 Å². The van der Waals surface area contributed by atoms with Crippen molar-refractivity contribution in [1.82, 2.24) is 0 Å². The highest BCUT2D eigenvalue weighted by Gasteiger charge is 2.20. The van der Waals surface area contributed by atoms with Crippen LogP contribution in [0.15, 0.2) is 66.7 Å². The molecule has 33 heavy (non-hydrogen) atoms. The van der Waals surface area contributed by atoms with Crippen molar-refractivity contribution in [1.29, 1.82) is 0 Å². The number of amides is 1. The van der Waals surface area contributed by atoms with Crippen LogP contribution in [0.5, 0.6) is 11.5 Å². The van der Waals surface area contributed by atoms with Gasteiger partial charge < -0.3 is 15.2 Å². The van der Waals surface area contributed by atoms with Crippen LogP contribution in [0.2, 0.25) is 0 Å². The van der Waals surface area contributed by atoms with E-state index in [-0.39, 0.29) is 12.3 Å². The summed E-state index contributed by atoms with van der Waals surface area (Å²) in [5.41, 5.74) is 0.610. The van der Waals surface area contributed by atoms with Gasteiger partial charge in [0.25, 0.3) is 0 Å². The molecule has 0 aliphatic rings. The van der Waals surface area contributed by atoms with E-state index in [0.717, 1.165) is 18.6 Å². The van der Waals surface area contributed by atoms with Gasteiger partial charge in [-0.1, -0.05) is 75.8 Å². The van der Waals surface area contributed by atoms with Crippen LogP contribution in [0.25, 0.3) is 0 Å². The van der Waals surface area contributed by atoms with Crippen molar-refractivity contribution >= 4 is 17.6 Å². The van der Waals surface area contributed by atoms with Crippen molar-refractivity contribution in [2.24, 2.45) is 5.92 Å². The summed E-state index contributed by atoms with van der Waals surface area (Å²) in [6.07, 6.45) is 14.0. The van der Waals surface area contributed by atoms with E-state index in [2.05, 4.69) is 12.2 Å². The van der Waals surface area contributed by atoms with Crippen molar-refractivity contribution in [3.63, 3.8) is 0 Å². The van der Waals surface area contributed by atoms with Gasteiger partial charge in [0.2, 0.25) is 5.91 Å². The Hall–Kier alpha value is -3.08. The standard InChI is InChI=1S/C28H37NO4/c1-2-3-4-5-6-7-8-9-10-12-15-23(28(31)32)22-27(30)29-24-18-20-26(21-19-24)33-25-16-13-11-14-17-25/h10-14,16-21,23H,2-9,15,22H2,1H3,(H,29,30)(H,31,32)/b12-10+/t23-/m0/s1. The van der Waals surface area contributed by atoms with Crippen LogP contribution in [0.1, 0.15) is 71.1 Å². The molecule has 0 bridgehead atoms. The fourth-order valence-corrected chi connectivity index (χ4v) is 3.54. The number of benzene rings is 2. The van der Waals surface area contributed by atoms with Crippen molar-refractivity contribution in [2.45, 2.75) is 71.1 Å². The van der Waals surface area contributed by atoms with Crippen LogP contribution in [0.3, 0.4) is 0 Å². The predicted molar refractivity (Wildman–Crippen MR) is 134 cm³/mol. The number of unbranched alkanes of at least 4 members (excludes halogenated alkanes) is 7. The molecule has 0 radical (unpaired) electrons. The monoisotopic (exact) mass is 451 g/mol. The first-order valence-corrected chi connectivity index (χ1v) is 12.1. The first kappa shape index (κ1) is 26.2. The van der Waals surface area contributed by atoms with E-state index in [0.29, 0.717) is 17.9 Å². The number of anilines is 1. The van der Waals surface area contributed by atoms with Crippen LogP contribution < -0.4 is 10.1 Å². The van der Waals surface area contributed by atoms with Crippen molar-refractivity contribution in [3.05, 3.63) is 66.7 Å². The average molecular weight is 452 g/mol. The molecule has 0 aromatic heterocycles. The molecule has 0 spiro atoms. The van der Waals surface area contributed by atoms with E-state index >= 15 is 0 Å². The molecule has 0 fully saturated rings. The van der Waals surface area contributed by atoms with Gasteiger partial charge in [-0.3, -0.25) is 9.59 Å². The first-order chi connectivity index (χ1) is 16.1. The van der Waals surface area contributed by atoms with Crippen molar-refractivity contribution < 1.29 is 19.4 Å². The number of rotatable bonds is 16. The lowest BCUT2D eigenvalue weighted by Crippen LogP contribution is -2.21. The van der Waals surface area contributed by atoms with E-state index in [1.807, 2.05) is 42.5 Å². The average Bonchev–Trinajstić information content (AvgIpc) is 2.81. The Morgan fingerprint density at radius 3 is 2.18 bits per heavy atom. The normalized spacial score (nSPS) is 11.9. The quantitative estimate of drug-likeness (QED) is 0.203. The summed E-state index contributed by atoms with van der Waals surface area (Å²) in [7, 11) is 0. The third-order valence-corrected chi connectivity index (χ3v) is 5.46. The highest BCUT2D eigenvalue weighted by molar-refractivity contribution is 5.93. The smallest absolute Gasteiger partial charge is 0.307 e. The fourth-order valence-electron chi connectivity index (χ4n) is 3.54. The highest BCUT2D eigenvalue weighted by Crippen LogP contribution is 2.23. The van der Waals surface area contributed by atoms with Gasteiger partial charge in [-0.05, 0) is 55.7 Å². The summed E-state index contributed by atoms with van der Waals surface area (Å²) in [6.45, 7) is 2.22. The summed E-state index contributed by atoms with van der Waals surface area (Å²) in [5, 5.41) is 12.3. The molecule has 1 amide bonds. The van der Waals surface area contributed by atoms with Crippen LogP contribution in [-0.2, 0) is 9.59 Å². The second kappa shape index (κ2) is 15.7. The van der Waals surface area contributed by atoms with Crippen LogP contribution in [-0.4, -0.2) is 17.0 Å². The number of hydrogen-bond donors (Lipinski definition) is 2. The summed E-state index contributed by atoms with van der Waals surface area (Å²) < 4.78 is 5.74. The summed E-state index contributed by atoms with van der Waals surface area (Å²) in [5.74, 6) is -0.583. The van der Waals surface area contributed by atoms with Gasteiger partial charge in [-0.25, -0.2) is 0 Å². The number of allylic oxidation sites excluding steroid dienone is 2. The van der Waals surface area contributed by atoms with E-state index in [1.165, 1.54) is 38.5 Å². The maximum atomic E-state index is 12.4. The molecule has 178 valence electrons. The molecule has 2 N–H and O–H groups in total. The minimum atomic E-state index is -0.947. The molecule has 0 aliphatic heterocycles. The molecule has 5 nitrogen and oxygen atoms in total. The summed E-state index contributed by atoms with van der Waals surface area (Å²) in [6, 6.07) is 16.5. The fraction of sp³-hybridized carbons (Fsp3) is 0.429. The SMILES string of the molecule is CCCCCCCCC/C=C/C[C@@H](CC(=O)Nc1ccc(Oc2ccccc2)cc1)C(=O)O. The summed E-state index contributed by atoms with van der Waals surface area (Å²) >= 11 is 0. The van der Waals surface area contributed by atoms with Gasteiger partial charge >= 0.3 is 5.97 Å². The molecule has 0 saturated heterocycles. The Balaban J connectivity index is 1.70. The topological polar surface area (TPSA) is 75.6 Å². The minimum absolute atomic E-state index is 0.0562. The number of ether oxygens (including phenoxy) is 1. The number of carboxylic acids is 1. The zero-order valence-electron chi connectivity index (χ0n) is 19.7. The number of carboxylic acid groups (broad SMARTS) is 1. The molecule has 2 rings (SSSR count). The number of para-hydroxylation sites is 1. The van der Waals surface area contributed by atoms with Gasteiger partial charge in [-0.15, -0.1) is 0 Å². The second-order valence-electron chi connectivity index (χ2n) is 8.34. The van der Waals surface area contributed by atoms with Crippen LogP contribution in [0, 0.1) is 5.92 Å². The van der Waals surface area contributed by atoms with Crippen molar-refractivity contribution in [2.75, 3.05) is 5.32 Å². The predicted octanol–water partition coefficient (Wildman–Crippen LogP) is 7.60. The second-order valence-corrected chi connectivity index (χ2v) is 8.34. The van der Waals surface area contributed by atoms with E-state index in [1.54, 1.807) is 24.3 Å². The molecule has 2 aromatic carbocycles. The van der Waals surface area contributed by atoms with E-state index < -0.39 is 11.9 Å². The Kier molecular flexibility index (Phi) is 12.4. The molecule has 2 aromatic rings. The minimum Gasteiger partial charge on any atom is -0.481 e. The Labute approximate surface area is 197 Å². The molecule has 0 unspecified atom stereocenters. The van der Waals surface area contributed by atoms with Crippen LogP contribution >= 0.6 is 0 Å². The third kappa shape index (κ3) is 11.4. The zero-order valence-corrected chi connectivity index (χ0v) is 19.7. The van der Waals surface area contributed by atoms with Gasteiger partial charge in [-0.2, -0.15) is 0 Å². The highest BCUT2D eigenvalue weighted by atomic mass is 16.5. The Morgan fingerprint density at radius 2 is 1.52 bits per heavy atom. The number of carbonyl (C=O) groups excluding carboxylic acids is 1. The molecule has 5 heteroatoms. The molecule has 0 saturated carbocycles. The maximum absolute atomic E-state index is 12.4. The molecule has 1 atom stereocenters. The Bertz CT molecular complexity index is 846. The van der Waals surface area contributed by atoms with E-state index in [4.69, 9.17) is 4.74 Å². The lowest BCUT2D eigenvalue weighted by Gasteiger charge is -2.11. The molecule has 0 aliphatic carbocycles. The van der Waals surface area contributed by atoms with Gasteiger partial charge in [0.1, 0.15) is 11.5 Å². The number of carbonyl (C=O) groups is 2. The van der Waals surface area contributed by atoms with Crippen LogP contribution in [0.4, 0.5) is 5.69 Å². The molecular weight excluding hydrogens is 414 g/mol. The third-order valence-electron chi connectivity index (χ3n) is 5.46. The first-order valence-electron chi connectivity index (χ1n) is 12.1. The maximum Gasteiger partial charge on any atom is 0.307 e. The van der Waals surface area contributed by atoms with Gasteiger partial charge in [0, 0.05) is 12.1 Å². The summed E-state index contributed by atoms with van der Waals surface area (Å²) in [4.78, 5) is 23.9. The number of nitrogens with one attached hydrogen (secondary N) is 1.